The van der Waals surface area contributed by atoms with Crippen molar-refractivity contribution in [3.05, 3.63) is 68.3 Å². The van der Waals surface area contributed by atoms with Gasteiger partial charge in [0.05, 0.1) is 31.9 Å². The highest BCUT2D eigenvalue weighted by Gasteiger charge is 2.37. The Morgan fingerprint density at radius 2 is 1.80 bits per heavy atom. The lowest BCUT2D eigenvalue weighted by Crippen LogP contribution is -2.22. The number of halogens is 2. The van der Waals surface area contributed by atoms with Crippen LogP contribution in [0.3, 0.4) is 0 Å². The molecule has 0 spiro atoms. The van der Waals surface area contributed by atoms with Gasteiger partial charge in [0.25, 0.3) is 11.6 Å². The minimum Gasteiger partial charge on any atom is -0.383 e. The number of benzene rings is 2. The smallest absolute Gasteiger partial charge is 0.270 e. The third kappa shape index (κ3) is 2.94. The first-order valence-corrected chi connectivity index (χ1v) is 8.02. The van der Waals surface area contributed by atoms with E-state index in [0.717, 1.165) is 0 Å². The number of nitro benzene ring substituents is 1. The van der Waals surface area contributed by atoms with Gasteiger partial charge in [0.1, 0.15) is 0 Å². The topological polar surface area (TPSA) is 66.7 Å². The standard InChI is InChI=1S/C17H13Cl2N3O3/c1-20(2)9-12-11-8-10(22(24)25)6-7-15(11)21(17(12)23)16-13(18)4-3-5-14(16)19/h3-9H,1-2H3. The molecule has 0 fully saturated rings. The minimum absolute atomic E-state index is 0.0942. The largest absolute Gasteiger partial charge is 0.383 e. The van der Waals surface area contributed by atoms with Crippen molar-refractivity contribution in [1.29, 1.82) is 0 Å². The molecule has 0 unspecified atom stereocenters. The van der Waals surface area contributed by atoms with Crippen LogP contribution in [-0.4, -0.2) is 29.8 Å². The number of para-hydroxylation sites is 1. The number of rotatable bonds is 3. The molecule has 0 radical (unpaired) electrons. The van der Waals surface area contributed by atoms with Crippen LogP contribution < -0.4 is 4.90 Å². The van der Waals surface area contributed by atoms with Crippen molar-refractivity contribution in [2.75, 3.05) is 19.0 Å². The fraction of sp³-hybridized carbons (Fsp3) is 0.118. The second-order valence-electron chi connectivity index (χ2n) is 5.68. The monoisotopic (exact) mass is 377 g/mol. The maximum Gasteiger partial charge on any atom is 0.270 e. The van der Waals surface area contributed by atoms with E-state index in [1.54, 1.807) is 43.4 Å². The molecular formula is C17H13Cl2N3O3. The maximum absolute atomic E-state index is 13.0. The lowest BCUT2D eigenvalue weighted by atomic mass is 10.1. The number of carbonyl (C=O) groups is 1. The molecule has 1 heterocycles. The molecule has 0 aromatic heterocycles. The first-order chi connectivity index (χ1) is 11.8. The Bertz CT molecular complexity index is 905. The molecule has 0 saturated heterocycles. The molecule has 2 aromatic rings. The van der Waals surface area contributed by atoms with Crippen molar-refractivity contribution in [2.24, 2.45) is 0 Å². The zero-order chi connectivity index (χ0) is 18.3. The van der Waals surface area contributed by atoms with E-state index in [-0.39, 0.29) is 11.6 Å². The SMILES string of the molecule is CN(C)C=C1C(=O)N(c2c(Cl)cccc2Cl)c2ccc([N+](=O)[O-])cc21. The number of nitro groups is 1. The molecule has 1 aliphatic rings. The van der Waals surface area contributed by atoms with Crippen LogP contribution in [0, 0.1) is 10.1 Å². The average Bonchev–Trinajstić information content (AvgIpc) is 2.79. The van der Waals surface area contributed by atoms with Crippen LogP contribution in [0.1, 0.15) is 5.56 Å². The lowest BCUT2D eigenvalue weighted by molar-refractivity contribution is -0.384. The zero-order valence-corrected chi connectivity index (χ0v) is 14.9. The summed E-state index contributed by atoms with van der Waals surface area (Å²) in [6.45, 7) is 0. The van der Waals surface area contributed by atoms with E-state index in [1.165, 1.54) is 23.1 Å². The Balaban J connectivity index is 2.28. The lowest BCUT2D eigenvalue weighted by Gasteiger charge is -2.20. The number of nitrogens with zero attached hydrogens (tertiary/aromatic N) is 3. The molecule has 0 bridgehead atoms. The van der Waals surface area contributed by atoms with E-state index in [2.05, 4.69) is 0 Å². The van der Waals surface area contributed by atoms with Gasteiger partial charge in [-0.3, -0.25) is 19.8 Å². The van der Waals surface area contributed by atoms with Crippen molar-refractivity contribution in [3.63, 3.8) is 0 Å². The fourth-order valence-electron chi connectivity index (χ4n) is 2.70. The van der Waals surface area contributed by atoms with Crippen LogP contribution in [0.15, 0.2) is 42.6 Å². The Kier molecular flexibility index (Phi) is 4.41. The third-order valence-electron chi connectivity index (χ3n) is 3.70. The van der Waals surface area contributed by atoms with E-state index < -0.39 is 4.92 Å². The predicted molar refractivity (Wildman–Crippen MR) is 98.4 cm³/mol. The van der Waals surface area contributed by atoms with E-state index in [4.69, 9.17) is 23.2 Å². The average molecular weight is 378 g/mol. The van der Waals surface area contributed by atoms with Crippen molar-refractivity contribution in [3.8, 4) is 0 Å². The Hall–Kier alpha value is -2.57. The van der Waals surface area contributed by atoms with Crippen LogP contribution in [0.2, 0.25) is 10.0 Å². The molecular weight excluding hydrogens is 365 g/mol. The molecule has 0 saturated carbocycles. The summed E-state index contributed by atoms with van der Waals surface area (Å²) in [5.74, 6) is -0.348. The summed E-state index contributed by atoms with van der Waals surface area (Å²) in [4.78, 5) is 26.7. The van der Waals surface area contributed by atoms with Crippen LogP contribution in [0.5, 0.6) is 0 Å². The summed E-state index contributed by atoms with van der Waals surface area (Å²) in [5.41, 5.74) is 1.55. The third-order valence-corrected chi connectivity index (χ3v) is 4.31. The molecule has 0 N–H and O–H groups in total. The van der Waals surface area contributed by atoms with Crippen LogP contribution in [0.4, 0.5) is 17.1 Å². The molecule has 6 nitrogen and oxygen atoms in total. The van der Waals surface area contributed by atoms with Gasteiger partial charge in [-0.15, -0.1) is 0 Å². The molecule has 1 aliphatic heterocycles. The van der Waals surface area contributed by atoms with Gasteiger partial charge in [-0.25, -0.2) is 0 Å². The fourth-order valence-corrected chi connectivity index (χ4v) is 3.27. The number of fused-ring (bicyclic) bond motifs is 1. The molecule has 0 atom stereocenters. The molecule has 3 rings (SSSR count). The summed E-state index contributed by atoms with van der Waals surface area (Å²) in [6, 6.07) is 9.21. The Labute approximate surface area is 154 Å². The summed E-state index contributed by atoms with van der Waals surface area (Å²) < 4.78 is 0. The number of amides is 1. The van der Waals surface area contributed by atoms with Gasteiger partial charge in [0.2, 0.25) is 0 Å². The van der Waals surface area contributed by atoms with E-state index in [9.17, 15) is 14.9 Å². The minimum atomic E-state index is -0.497. The highest BCUT2D eigenvalue weighted by atomic mass is 35.5. The molecule has 128 valence electrons. The highest BCUT2D eigenvalue weighted by Crippen LogP contribution is 2.47. The summed E-state index contributed by atoms with van der Waals surface area (Å²) in [5, 5.41) is 11.7. The number of carbonyl (C=O) groups excluding carboxylic acids is 1. The van der Waals surface area contributed by atoms with E-state index in [1.807, 2.05) is 0 Å². The number of hydrogen-bond donors (Lipinski definition) is 0. The van der Waals surface area contributed by atoms with Gasteiger partial charge in [-0.2, -0.15) is 0 Å². The van der Waals surface area contributed by atoms with Crippen molar-refractivity contribution in [1.82, 2.24) is 4.90 Å². The Morgan fingerprint density at radius 3 is 2.36 bits per heavy atom. The molecule has 2 aromatic carbocycles. The highest BCUT2D eigenvalue weighted by molar-refractivity contribution is 6.43. The second-order valence-corrected chi connectivity index (χ2v) is 6.49. The maximum atomic E-state index is 13.0. The van der Waals surface area contributed by atoms with Crippen molar-refractivity contribution in [2.45, 2.75) is 0 Å². The molecule has 0 aliphatic carbocycles. The first-order valence-electron chi connectivity index (χ1n) is 7.27. The van der Waals surface area contributed by atoms with E-state index in [0.29, 0.717) is 32.6 Å². The van der Waals surface area contributed by atoms with Gasteiger partial charge in [0, 0.05) is 38.0 Å². The number of non-ortho nitro benzene ring substituents is 1. The number of hydrogen-bond acceptors (Lipinski definition) is 4. The van der Waals surface area contributed by atoms with Gasteiger partial charge in [0.15, 0.2) is 0 Å². The molecule has 25 heavy (non-hydrogen) atoms. The van der Waals surface area contributed by atoms with Gasteiger partial charge in [-0.1, -0.05) is 29.3 Å². The van der Waals surface area contributed by atoms with Gasteiger partial charge >= 0.3 is 0 Å². The van der Waals surface area contributed by atoms with Gasteiger partial charge < -0.3 is 4.90 Å². The molecule has 1 amide bonds. The first kappa shape index (κ1) is 17.3. The summed E-state index contributed by atoms with van der Waals surface area (Å²) in [7, 11) is 3.53. The van der Waals surface area contributed by atoms with Crippen LogP contribution in [-0.2, 0) is 4.79 Å². The summed E-state index contributed by atoms with van der Waals surface area (Å²) in [6.07, 6.45) is 1.62. The van der Waals surface area contributed by atoms with E-state index >= 15 is 0 Å². The quantitative estimate of drug-likeness (QED) is 0.449. The van der Waals surface area contributed by atoms with Crippen molar-refractivity contribution < 1.29 is 9.72 Å². The zero-order valence-electron chi connectivity index (χ0n) is 13.4. The number of anilines is 2. The van der Waals surface area contributed by atoms with Gasteiger partial charge in [-0.05, 0) is 18.2 Å². The van der Waals surface area contributed by atoms with Crippen LogP contribution >= 0.6 is 23.2 Å². The normalized spacial score (nSPS) is 14.8. The van der Waals surface area contributed by atoms with Crippen LogP contribution in [0.25, 0.3) is 5.57 Å². The second kappa shape index (κ2) is 6.38. The summed E-state index contributed by atoms with van der Waals surface area (Å²) >= 11 is 12.5. The Morgan fingerprint density at radius 1 is 1.16 bits per heavy atom. The molecule has 8 heteroatoms. The predicted octanol–water partition coefficient (Wildman–Crippen LogP) is 4.48. The van der Waals surface area contributed by atoms with Crippen molar-refractivity contribution >= 4 is 51.7 Å².